The smallest absolute Gasteiger partial charge is 0.305 e. The Bertz CT molecular complexity index is 1040. The standard InChI is InChI=1S/C59H110O7/c1-4-7-10-13-16-19-22-25-28-31-34-37-40-43-46-49-56(61)64-53-59(52-60,54-65-57(62)50-47-44-41-38-35-32-29-26-23-20-17-14-11-8-5-2)55-66-58(63)51-48-45-42-39-36-33-30-27-24-21-18-15-12-9-6-3/h25-26,28-29,60H,4-24,27,30-55H2,1-3H3. The largest absolute Gasteiger partial charge is 0.465 e. The molecule has 0 aromatic heterocycles. The minimum atomic E-state index is -1.19. The number of unbranched alkanes of at least 4 members (excludes halogenated alkanes) is 36. The predicted molar refractivity (Wildman–Crippen MR) is 281 cm³/mol. The van der Waals surface area contributed by atoms with Gasteiger partial charge in [-0.1, -0.05) is 238 Å². The second-order valence-corrected chi connectivity index (χ2v) is 20.0. The lowest BCUT2D eigenvalue weighted by molar-refractivity contribution is -0.165. The fourth-order valence-corrected chi connectivity index (χ4v) is 8.50. The lowest BCUT2D eigenvalue weighted by Gasteiger charge is -2.30. The van der Waals surface area contributed by atoms with Crippen molar-refractivity contribution < 1.29 is 33.7 Å². The molecule has 0 aliphatic rings. The first-order valence-corrected chi connectivity index (χ1v) is 28.8. The Morgan fingerprint density at radius 2 is 0.515 bits per heavy atom. The van der Waals surface area contributed by atoms with Crippen LogP contribution in [0.25, 0.3) is 0 Å². The van der Waals surface area contributed by atoms with E-state index >= 15 is 0 Å². The molecule has 0 bridgehead atoms. The molecule has 0 unspecified atom stereocenters. The average Bonchev–Trinajstić information content (AvgIpc) is 3.32. The third-order valence-electron chi connectivity index (χ3n) is 13.2. The number of carbonyl (C=O) groups is 3. The Labute approximate surface area is 409 Å². The normalized spacial score (nSPS) is 12.6. The molecule has 0 saturated heterocycles. The zero-order valence-electron chi connectivity index (χ0n) is 44.1. The Morgan fingerprint density at radius 3 is 0.727 bits per heavy atom. The molecule has 66 heavy (non-hydrogen) atoms. The molecule has 0 saturated carbocycles. The van der Waals surface area contributed by atoms with Crippen LogP contribution in [0.15, 0.2) is 24.3 Å². The third kappa shape index (κ3) is 46.9. The van der Waals surface area contributed by atoms with E-state index in [1.54, 1.807) is 0 Å². The summed E-state index contributed by atoms with van der Waals surface area (Å²) in [5.41, 5.74) is -1.19. The average molecular weight is 932 g/mol. The Kier molecular flexibility index (Phi) is 50.5. The van der Waals surface area contributed by atoms with Crippen molar-refractivity contribution in [1.82, 2.24) is 0 Å². The summed E-state index contributed by atoms with van der Waals surface area (Å²) in [6.07, 6.45) is 60.0. The van der Waals surface area contributed by atoms with Gasteiger partial charge in [0, 0.05) is 19.3 Å². The number of aliphatic hydroxyl groups is 1. The first-order valence-electron chi connectivity index (χ1n) is 28.8. The first kappa shape index (κ1) is 63.8. The molecule has 0 radical (unpaired) electrons. The summed E-state index contributed by atoms with van der Waals surface area (Å²) in [4.78, 5) is 38.5. The lowest BCUT2D eigenvalue weighted by Crippen LogP contribution is -2.42. The maximum absolute atomic E-state index is 12.8. The van der Waals surface area contributed by atoms with Gasteiger partial charge in [0.05, 0.1) is 12.0 Å². The van der Waals surface area contributed by atoms with E-state index in [0.29, 0.717) is 19.3 Å². The van der Waals surface area contributed by atoms with Crippen molar-refractivity contribution in [2.24, 2.45) is 5.41 Å². The van der Waals surface area contributed by atoms with Crippen molar-refractivity contribution in [2.75, 3.05) is 26.4 Å². The van der Waals surface area contributed by atoms with Gasteiger partial charge in [0.1, 0.15) is 19.8 Å². The van der Waals surface area contributed by atoms with Crippen LogP contribution in [-0.2, 0) is 28.6 Å². The van der Waals surface area contributed by atoms with Crippen molar-refractivity contribution in [1.29, 1.82) is 0 Å². The van der Waals surface area contributed by atoms with Gasteiger partial charge in [-0.25, -0.2) is 0 Å². The summed E-state index contributed by atoms with van der Waals surface area (Å²) in [6, 6.07) is 0. The van der Waals surface area contributed by atoms with E-state index in [1.165, 1.54) is 180 Å². The highest BCUT2D eigenvalue weighted by molar-refractivity contribution is 5.70. The topological polar surface area (TPSA) is 99.1 Å². The van der Waals surface area contributed by atoms with Crippen molar-refractivity contribution in [3.05, 3.63) is 24.3 Å². The van der Waals surface area contributed by atoms with Crippen LogP contribution < -0.4 is 0 Å². The van der Waals surface area contributed by atoms with Gasteiger partial charge < -0.3 is 19.3 Å². The number of rotatable bonds is 53. The second kappa shape index (κ2) is 52.2. The van der Waals surface area contributed by atoms with Crippen LogP contribution in [0, 0.1) is 5.41 Å². The summed E-state index contributed by atoms with van der Waals surface area (Å²) in [7, 11) is 0. The molecular weight excluding hydrogens is 821 g/mol. The highest BCUT2D eigenvalue weighted by atomic mass is 16.6. The van der Waals surface area contributed by atoms with E-state index in [0.717, 1.165) is 83.5 Å². The Balaban J connectivity index is 4.59. The van der Waals surface area contributed by atoms with Gasteiger partial charge >= 0.3 is 17.9 Å². The van der Waals surface area contributed by atoms with E-state index in [2.05, 4.69) is 45.1 Å². The highest BCUT2D eigenvalue weighted by Crippen LogP contribution is 2.22. The zero-order chi connectivity index (χ0) is 48.1. The van der Waals surface area contributed by atoms with Crippen molar-refractivity contribution in [3.8, 4) is 0 Å². The van der Waals surface area contributed by atoms with E-state index in [-0.39, 0.29) is 37.7 Å². The number of allylic oxidation sites excluding steroid dienone is 4. The molecule has 0 atom stereocenters. The number of hydrogen-bond acceptors (Lipinski definition) is 7. The maximum Gasteiger partial charge on any atom is 0.305 e. The third-order valence-corrected chi connectivity index (χ3v) is 13.2. The van der Waals surface area contributed by atoms with Gasteiger partial charge in [-0.05, 0) is 70.6 Å². The fourth-order valence-electron chi connectivity index (χ4n) is 8.50. The summed E-state index contributed by atoms with van der Waals surface area (Å²) >= 11 is 0. The molecule has 1 N–H and O–H groups in total. The van der Waals surface area contributed by atoms with Gasteiger partial charge in [0.25, 0.3) is 0 Å². The van der Waals surface area contributed by atoms with Crippen LogP contribution in [0.3, 0.4) is 0 Å². The van der Waals surface area contributed by atoms with Gasteiger partial charge in [-0.15, -0.1) is 0 Å². The summed E-state index contributed by atoms with van der Waals surface area (Å²) in [5.74, 6) is -1.01. The molecule has 0 fully saturated rings. The molecule has 0 aliphatic heterocycles. The minimum Gasteiger partial charge on any atom is -0.465 e. The van der Waals surface area contributed by atoms with Crippen LogP contribution >= 0.6 is 0 Å². The van der Waals surface area contributed by atoms with Crippen LogP contribution in [0.5, 0.6) is 0 Å². The van der Waals surface area contributed by atoms with Crippen molar-refractivity contribution in [3.63, 3.8) is 0 Å². The molecule has 0 spiro atoms. The Hall–Kier alpha value is -2.15. The molecule has 7 heteroatoms. The second-order valence-electron chi connectivity index (χ2n) is 20.0. The number of aliphatic hydroxyl groups excluding tert-OH is 1. The summed E-state index contributed by atoms with van der Waals surface area (Å²) in [6.45, 7) is 5.86. The van der Waals surface area contributed by atoms with Gasteiger partial charge in [0.15, 0.2) is 0 Å². The molecule has 0 aromatic rings. The molecule has 0 heterocycles. The lowest BCUT2D eigenvalue weighted by atomic mass is 9.92. The number of esters is 3. The van der Waals surface area contributed by atoms with Crippen LogP contribution in [-0.4, -0.2) is 49.4 Å². The van der Waals surface area contributed by atoms with E-state index in [9.17, 15) is 19.5 Å². The molecule has 388 valence electrons. The summed E-state index contributed by atoms with van der Waals surface area (Å²) < 4.78 is 17.0. The zero-order valence-corrected chi connectivity index (χ0v) is 44.1. The van der Waals surface area contributed by atoms with Gasteiger partial charge in [-0.2, -0.15) is 0 Å². The van der Waals surface area contributed by atoms with Crippen molar-refractivity contribution >= 4 is 17.9 Å². The van der Waals surface area contributed by atoms with Gasteiger partial charge in [-0.3, -0.25) is 14.4 Å². The monoisotopic (exact) mass is 931 g/mol. The summed E-state index contributed by atoms with van der Waals surface area (Å²) in [5, 5.41) is 10.6. The number of carbonyl (C=O) groups excluding carboxylic acids is 3. The Morgan fingerprint density at radius 1 is 0.318 bits per heavy atom. The van der Waals surface area contributed by atoms with E-state index in [1.807, 2.05) is 0 Å². The molecule has 0 aliphatic carbocycles. The SMILES string of the molecule is CCCCCCCCC=CCCCCCCCC(=O)OCC(CO)(COC(=O)CCCCCCCC=CCCCCCCCC)COC(=O)CCCCCCCCCCCCCCCCC. The number of ether oxygens (including phenoxy) is 3. The van der Waals surface area contributed by atoms with Crippen LogP contribution in [0.1, 0.15) is 303 Å². The maximum atomic E-state index is 12.8. The molecule has 0 amide bonds. The van der Waals surface area contributed by atoms with Crippen LogP contribution in [0.4, 0.5) is 0 Å². The fraction of sp³-hybridized carbons (Fsp3) is 0.881. The minimum absolute atomic E-state index is 0.164. The molecular formula is C59H110O7. The first-order chi connectivity index (χ1) is 32.4. The molecule has 7 nitrogen and oxygen atoms in total. The quantitative estimate of drug-likeness (QED) is 0.0281. The molecule has 0 aromatic carbocycles. The van der Waals surface area contributed by atoms with E-state index < -0.39 is 12.0 Å². The van der Waals surface area contributed by atoms with E-state index in [4.69, 9.17) is 14.2 Å². The molecule has 0 rings (SSSR count). The van der Waals surface area contributed by atoms with Gasteiger partial charge in [0.2, 0.25) is 0 Å². The van der Waals surface area contributed by atoms with Crippen LogP contribution in [0.2, 0.25) is 0 Å². The number of hydrogen-bond donors (Lipinski definition) is 1. The van der Waals surface area contributed by atoms with Crippen molar-refractivity contribution in [2.45, 2.75) is 303 Å². The predicted octanol–water partition coefficient (Wildman–Crippen LogP) is 17.9. The highest BCUT2D eigenvalue weighted by Gasteiger charge is 2.35.